The second-order valence-electron chi connectivity index (χ2n) is 11.0. The fourth-order valence-corrected chi connectivity index (χ4v) is 5.97. The molecule has 8 aromatic rings. The van der Waals surface area contributed by atoms with Gasteiger partial charge in [-0.1, -0.05) is 78.9 Å². The normalized spacial score (nSPS) is 12.0. The number of para-hydroxylation sites is 2. The third-order valence-corrected chi connectivity index (χ3v) is 8.17. The number of benzene rings is 6. The van der Waals surface area contributed by atoms with Crippen molar-refractivity contribution in [3.05, 3.63) is 162 Å². The van der Waals surface area contributed by atoms with E-state index >= 15 is 0 Å². The maximum atomic E-state index is 9.35. The average molecular weight is 592 g/mol. The quantitative estimate of drug-likeness (QED) is 0.163. The maximum absolute atomic E-state index is 9.35. The Hall–Kier alpha value is -6.58. The molecular weight excluding hydrogens is 566 g/mol. The largest absolute Gasteiger partial charge is 0.456 e. The Morgan fingerprint density at radius 3 is 2.24 bits per heavy atom. The van der Waals surface area contributed by atoms with Crippen molar-refractivity contribution < 1.29 is 4.42 Å². The third-order valence-electron chi connectivity index (χ3n) is 8.17. The molecular formula is C40H25N5O. The van der Waals surface area contributed by atoms with Crippen molar-refractivity contribution in [3.63, 3.8) is 0 Å². The smallest absolute Gasteiger partial charge is 0.161 e. The highest BCUT2D eigenvalue weighted by Gasteiger charge is 2.16. The molecule has 8 rings (SSSR count). The van der Waals surface area contributed by atoms with Crippen LogP contribution in [0.1, 0.15) is 22.3 Å². The molecule has 0 aliphatic rings. The Morgan fingerprint density at radius 2 is 1.41 bits per heavy atom. The molecule has 0 radical (unpaired) electrons. The van der Waals surface area contributed by atoms with Crippen LogP contribution in [0.5, 0.6) is 0 Å². The van der Waals surface area contributed by atoms with Gasteiger partial charge in [-0.25, -0.2) is 9.98 Å². The van der Waals surface area contributed by atoms with E-state index in [4.69, 9.17) is 14.8 Å². The molecule has 1 N–H and O–H groups in total. The third kappa shape index (κ3) is 4.73. The molecule has 0 aliphatic carbocycles. The predicted molar refractivity (Wildman–Crippen MR) is 187 cm³/mol. The Morgan fingerprint density at radius 1 is 0.652 bits per heavy atom. The summed E-state index contributed by atoms with van der Waals surface area (Å²) in [6, 6.07) is 47.8. The lowest BCUT2D eigenvalue weighted by molar-refractivity contribution is 0.669. The molecule has 0 unspecified atom stereocenters. The van der Waals surface area contributed by atoms with Gasteiger partial charge in [-0.05, 0) is 66.2 Å². The highest BCUT2D eigenvalue weighted by molar-refractivity contribution is 6.17. The SMILES string of the molecule is N#Cc1cccc(C(=N)N=C(N=Cc2ccccc2)c2ccc(-n3c4ccccc4c4cc5oc6ccccc6c5cc43)cc2)c1. The van der Waals surface area contributed by atoms with Crippen LogP contribution in [0.2, 0.25) is 0 Å². The Labute approximate surface area is 264 Å². The van der Waals surface area contributed by atoms with Gasteiger partial charge in [0.2, 0.25) is 0 Å². The van der Waals surface area contributed by atoms with Gasteiger partial charge >= 0.3 is 0 Å². The van der Waals surface area contributed by atoms with Gasteiger partial charge in [-0.3, -0.25) is 5.41 Å². The van der Waals surface area contributed by atoms with Gasteiger partial charge in [0.25, 0.3) is 0 Å². The van der Waals surface area contributed by atoms with Crippen molar-refractivity contribution >= 4 is 61.6 Å². The predicted octanol–water partition coefficient (Wildman–Crippen LogP) is 9.45. The van der Waals surface area contributed by atoms with Gasteiger partial charge in [-0.15, -0.1) is 0 Å². The summed E-state index contributed by atoms with van der Waals surface area (Å²) in [6.45, 7) is 0. The molecule has 0 aliphatic heterocycles. The van der Waals surface area contributed by atoms with E-state index in [9.17, 15) is 5.26 Å². The van der Waals surface area contributed by atoms with Crippen LogP contribution in [0, 0.1) is 16.7 Å². The summed E-state index contributed by atoms with van der Waals surface area (Å²) < 4.78 is 8.50. The number of fused-ring (bicyclic) bond motifs is 6. The molecule has 0 spiro atoms. The van der Waals surface area contributed by atoms with Gasteiger partial charge in [-0.2, -0.15) is 5.26 Å². The first kappa shape index (κ1) is 27.0. The van der Waals surface area contributed by atoms with Gasteiger partial charge in [0.1, 0.15) is 11.2 Å². The summed E-state index contributed by atoms with van der Waals surface area (Å²) in [5.74, 6) is 0.428. The van der Waals surface area contributed by atoms with Crippen LogP contribution in [-0.2, 0) is 0 Å². The van der Waals surface area contributed by atoms with Crippen LogP contribution >= 0.6 is 0 Å². The highest BCUT2D eigenvalue weighted by Crippen LogP contribution is 2.38. The van der Waals surface area contributed by atoms with E-state index < -0.39 is 0 Å². The van der Waals surface area contributed by atoms with Gasteiger partial charge in [0.15, 0.2) is 11.7 Å². The minimum absolute atomic E-state index is 0.0279. The summed E-state index contributed by atoms with van der Waals surface area (Å²) in [7, 11) is 0. The van der Waals surface area contributed by atoms with E-state index in [2.05, 4.69) is 70.2 Å². The second kappa shape index (κ2) is 11.2. The van der Waals surface area contributed by atoms with E-state index in [-0.39, 0.29) is 5.84 Å². The van der Waals surface area contributed by atoms with Crippen molar-refractivity contribution in [2.75, 3.05) is 0 Å². The minimum atomic E-state index is 0.0279. The van der Waals surface area contributed by atoms with Gasteiger partial charge < -0.3 is 8.98 Å². The highest BCUT2D eigenvalue weighted by atomic mass is 16.3. The lowest BCUT2D eigenvalue weighted by Crippen LogP contribution is -2.05. The number of nitrogens with one attached hydrogen (secondary N) is 1. The standard InChI is InChI=1S/C40H25N5O/c41-24-27-11-8-12-29(21-27)39(42)44-40(43-25-26-9-2-1-3-10-26)28-17-19-30(20-18-28)45-35-15-6-4-13-31(35)33-23-38-34(22-36(33)45)32-14-5-7-16-37(32)46-38/h1-23,25,42H. The molecule has 6 aromatic carbocycles. The summed E-state index contributed by atoms with van der Waals surface area (Å²) in [5.41, 5.74) is 7.62. The molecule has 0 amide bonds. The number of aromatic nitrogens is 1. The molecule has 0 saturated heterocycles. The van der Waals surface area contributed by atoms with Crippen LogP contribution in [0.3, 0.4) is 0 Å². The Kier molecular flexibility index (Phi) is 6.55. The van der Waals surface area contributed by atoms with Crippen molar-refractivity contribution in [2.24, 2.45) is 9.98 Å². The van der Waals surface area contributed by atoms with E-state index in [0.717, 1.165) is 60.6 Å². The molecule has 6 nitrogen and oxygen atoms in total. The first-order valence-electron chi connectivity index (χ1n) is 14.9. The monoisotopic (exact) mass is 591 g/mol. The van der Waals surface area contributed by atoms with Crippen LogP contribution < -0.4 is 0 Å². The molecule has 2 heterocycles. The second-order valence-corrected chi connectivity index (χ2v) is 11.0. The number of hydrogen-bond donors (Lipinski definition) is 1. The first-order chi connectivity index (χ1) is 22.7. The molecule has 0 bridgehead atoms. The number of nitriles is 1. The number of furan rings is 1. The lowest BCUT2D eigenvalue weighted by atomic mass is 10.1. The molecule has 6 heteroatoms. The Bertz CT molecular complexity index is 2550. The van der Waals surface area contributed by atoms with Crippen molar-refractivity contribution in [2.45, 2.75) is 0 Å². The van der Waals surface area contributed by atoms with Crippen LogP contribution in [-0.4, -0.2) is 22.5 Å². The number of nitrogens with zero attached hydrogens (tertiary/aromatic N) is 4. The maximum Gasteiger partial charge on any atom is 0.161 e. The number of amidine groups is 2. The van der Waals surface area contributed by atoms with Gasteiger partial charge in [0.05, 0.1) is 22.7 Å². The lowest BCUT2D eigenvalue weighted by Gasteiger charge is -2.10. The van der Waals surface area contributed by atoms with Crippen molar-refractivity contribution in [1.82, 2.24) is 4.57 Å². The molecule has 0 fully saturated rings. The molecule has 2 aromatic heterocycles. The van der Waals surface area contributed by atoms with Gasteiger partial charge in [0, 0.05) is 44.6 Å². The molecule has 46 heavy (non-hydrogen) atoms. The number of hydrogen-bond acceptors (Lipinski definition) is 3. The van der Waals surface area contributed by atoms with E-state index in [1.807, 2.05) is 60.7 Å². The zero-order valence-electron chi connectivity index (χ0n) is 24.6. The number of aliphatic imine (C=N–C) groups is 2. The summed E-state index contributed by atoms with van der Waals surface area (Å²) in [4.78, 5) is 9.36. The van der Waals surface area contributed by atoms with Crippen LogP contribution in [0.4, 0.5) is 0 Å². The van der Waals surface area contributed by atoms with E-state index in [1.165, 1.54) is 0 Å². The first-order valence-corrected chi connectivity index (χ1v) is 14.9. The van der Waals surface area contributed by atoms with Crippen molar-refractivity contribution in [3.8, 4) is 11.8 Å². The fraction of sp³-hybridized carbons (Fsp3) is 0. The average Bonchev–Trinajstić information content (AvgIpc) is 3.64. The van der Waals surface area contributed by atoms with E-state index in [1.54, 1.807) is 30.5 Å². The zero-order valence-corrected chi connectivity index (χ0v) is 24.6. The minimum Gasteiger partial charge on any atom is -0.456 e. The summed E-state index contributed by atoms with van der Waals surface area (Å²) in [5, 5.41) is 22.5. The molecule has 0 atom stereocenters. The summed E-state index contributed by atoms with van der Waals surface area (Å²) in [6.07, 6.45) is 1.75. The topological polar surface area (TPSA) is 90.4 Å². The molecule has 216 valence electrons. The van der Waals surface area contributed by atoms with E-state index in [0.29, 0.717) is 17.0 Å². The summed E-state index contributed by atoms with van der Waals surface area (Å²) >= 11 is 0. The fourth-order valence-electron chi connectivity index (χ4n) is 5.97. The van der Waals surface area contributed by atoms with Crippen molar-refractivity contribution in [1.29, 1.82) is 10.7 Å². The van der Waals surface area contributed by atoms with Crippen LogP contribution in [0.15, 0.2) is 154 Å². The zero-order chi connectivity index (χ0) is 31.0. The number of rotatable bonds is 4. The molecule has 0 saturated carbocycles. The Balaban J connectivity index is 1.25. The van der Waals surface area contributed by atoms with Crippen LogP contribution in [0.25, 0.3) is 49.4 Å².